The summed E-state index contributed by atoms with van der Waals surface area (Å²) >= 11 is 0. The van der Waals surface area contributed by atoms with E-state index >= 15 is 0 Å². The first kappa shape index (κ1) is 13.7. The minimum Gasteiger partial charge on any atom is -0.289 e. The number of Topliss-reactive ketones (excluding diaryl/α,β-unsaturated/α-hetero) is 1. The van der Waals surface area contributed by atoms with E-state index in [9.17, 15) is 4.79 Å². The van der Waals surface area contributed by atoms with Crippen LogP contribution in [0, 0.1) is 0 Å². The summed E-state index contributed by atoms with van der Waals surface area (Å²) in [5.41, 5.74) is 5.00. The molecule has 1 unspecified atom stereocenters. The van der Waals surface area contributed by atoms with E-state index in [1.165, 1.54) is 0 Å². The van der Waals surface area contributed by atoms with Gasteiger partial charge in [0.15, 0.2) is 5.78 Å². The summed E-state index contributed by atoms with van der Waals surface area (Å²) in [5, 5.41) is 0. The van der Waals surface area contributed by atoms with Crippen LogP contribution in [-0.2, 0) is 0 Å². The number of rotatable bonds is 2. The van der Waals surface area contributed by atoms with Crippen molar-refractivity contribution in [3.63, 3.8) is 0 Å². The van der Waals surface area contributed by atoms with Gasteiger partial charge in [-0.3, -0.25) is 4.79 Å². The molecule has 1 atom stereocenters. The van der Waals surface area contributed by atoms with E-state index in [0.29, 0.717) is 0 Å². The SMILES string of the molecule is O=C1/C(=C/c2ccccc2)C(c2ccccc2)c2ccccc21. The monoisotopic (exact) mass is 296 g/mol. The lowest BCUT2D eigenvalue weighted by Crippen LogP contribution is -2.02. The van der Waals surface area contributed by atoms with E-state index in [-0.39, 0.29) is 11.7 Å². The van der Waals surface area contributed by atoms with Crippen molar-refractivity contribution in [2.45, 2.75) is 5.92 Å². The molecule has 1 aliphatic rings. The average molecular weight is 296 g/mol. The van der Waals surface area contributed by atoms with Crippen molar-refractivity contribution in [2.75, 3.05) is 0 Å². The second-order valence-electron chi connectivity index (χ2n) is 5.77. The molecule has 3 aromatic carbocycles. The number of ketones is 1. The average Bonchev–Trinajstić information content (AvgIpc) is 2.89. The standard InChI is InChI=1S/C22H16O/c23-22-19-14-8-7-13-18(19)21(17-11-5-2-6-12-17)20(22)15-16-9-3-1-4-10-16/h1-15,21H/b20-15+. The highest BCUT2D eigenvalue weighted by Crippen LogP contribution is 2.42. The fourth-order valence-electron chi connectivity index (χ4n) is 3.29. The van der Waals surface area contributed by atoms with Gasteiger partial charge in [0.2, 0.25) is 0 Å². The zero-order chi connectivity index (χ0) is 15.6. The van der Waals surface area contributed by atoms with E-state index in [1.54, 1.807) is 0 Å². The number of fused-ring (bicyclic) bond motifs is 1. The molecule has 0 radical (unpaired) electrons. The molecule has 0 aliphatic heterocycles. The summed E-state index contributed by atoms with van der Waals surface area (Å²) in [6, 6.07) is 28.2. The van der Waals surface area contributed by atoms with Crippen LogP contribution in [-0.4, -0.2) is 5.78 Å². The van der Waals surface area contributed by atoms with Crippen molar-refractivity contribution in [3.05, 3.63) is 113 Å². The van der Waals surface area contributed by atoms with Crippen LogP contribution in [0.2, 0.25) is 0 Å². The molecule has 110 valence electrons. The Labute approximate surface area is 135 Å². The molecule has 0 fully saturated rings. The van der Waals surface area contributed by atoms with Crippen molar-refractivity contribution < 1.29 is 4.79 Å². The van der Waals surface area contributed by atoms with Crippen molar-refractivity contribution in [2.24, 2.45) is 0 Å². The summed E-state index contributed by atoms with van der Waals surface area (Å²) in [5.74, 6) is 0.151. The third-order valence-electron chi connectivity index (χ3n) is 4.34. The van der Waals surface area contributed by atoms with Crippen molar-refractivity contribution in [3.8, 4) is 0 Å². The first-order chi connectivity index (χ1) is 11.3. The first-order valence-electron chi connectivity index (χ1n) is 7.80. The van der Waals surface area contributed by atoms with Crippen LogP contribution in [0.25, 0.3) is 6.08 Å². The van der Waals surface area contributed by atoms with Gasteiger partial charge < -0.3 is 0 Å². The number of carbonyl (C=O) groups is 1. The number of hydrogen-bond donors (Lipinski definition) is 0. The lowest BCUT2D eigenvalue weighted by molar-refractivity contribution is 0.103. The van der Waals surface area contributed by atoms with Crippen LogP contribution < -0.4 is 0 Å². The zero-order valence-electron chi connectivity index (χ0n) is 12.6. The van der Waals surface area contributed by atoms with Gasteiger partial charge in [-0.05, 0) is 22.8 Å². The molecule has 4 rings (SSSR count). The summed E-state index contributed by atoms with van der Waals surface area (Å²) < 4.78 is 0. The fraction of sp³-hybridized carbons (Fsp3) is 0.0455. The van der Waals surface area contributed by atoms with Crippen molar-refractivity contribution in [1.29, 1.82) is 0 Å². The predicted octanol–water partition coefficient (Wildman–Crippen LogP) is 5.10. The summed E-state index contributed by atoms with van der Waals surface area (Å²) in [7, 11) is 0. The topological polar surface area (TPSA) is 17.1 Å². The second kappa shape index (κ2) is 5.69. The van der Waals surface area contributed by atoms with Gasteiger partial charge in [0.1, 0.15) is 0 Å². The molecule has 1 heteroatoms. The van der Waals surface area contributed by atoms with Gasteiger partial charge in [-0.1, -0.05) is 84.9 Å². The van der Waals surface area contributed by atoms with E-state index in [2.05, 4.69) is 18.2 Å². The molecule has 0 heterocycles. The van der Waals surface area contributed by atoms with Gasteiger partial charge in [-0.2, -0.15) is 0 Å². The Kier molecular flexibility index (Phi) is 3.39. The molecule has 0 amide bonds. The first-order valence-corrected chi connectivity index (χ1v) is 7.80. The van der Waals surface area contributed by atoms with Gasteiger partial charge in [0.05, 0.1) is 0 Å². The third kappa shape index (κ3) is 2.40. The minimum absolute atomic E-state index is 0.0140. The van der Waals surface area contributed by atoms with Gasteiger partial charge in [-0.25, -0.2) is 0 Å². The third-order valence-corrected chi connectivity index (χ3v) is 4.34. The molecule has 0 spiro atoms. The molecule has 1 nitrogen and oxygen atoms in total. The molecule has 1 aliphatic carbocycles. The highest BCUT2D eigenvalue weighted by Gasteiger charge is 2.34. The van der Waals surface area contributed by atoms with Crippen LogP contribution in [0.1, 0.15) is 33.0 Å². The normalized spacial score (nSPS) is 18.2. The lowest BCUT2D eigenvalue weighted by atomic mass is 9.89. The highest BCUT2D eigenvalue weighted by atomic mass is 16.1. The van der Waals surface area contributed by atoms with E-state index in [4.69, 9.17) is 0 Å². The van der Waals surface area contributed by atoms with Crippen molar-refractivity contribution >= 4 is 11.9 Å². The molecule has 3 aromatic rings. The minimum atomic E-state index is 0.0140. The molecule has 0 saturated heterocycles. The number of benzene rings is 3. The molecule has 0 bridgehead atoms. The maximum atomic E-state index is 12.9. The highest BCUT2D eigenvalue weighted by molar-refractivity contribution is 6.17. The van der Waals surface area contributed by atoms with Crippen molar-refractivity contribution in [1.82, 2.24) is 0 Å². The molecule has 0 N–H and O–H groups in total. The van der Waals surface area contributed by atoms with Crippen LogP contribution in [0.4, 0.5) is 0 Å². The number of carbonyl (C=O) groups excluding carboxylic acids is 1. The molecular formula is C22H16O. The maximum absolute atomic E-state index is 12.9. The Morgan fingerprint density at radius 1 is 0.696 bits per heavy atom. The Bertz CT molecular complexity index is 876. The van der Waals surface area contributed by atoms with Gasteiger partial charge >= 0.3 is 0 Å². The quantitative estimate of drug-likeness (QED) is 0.601. The van der Waals surface area contributed by atoms with Crippen LogP contribution >= 0.6 is 0 Å². The summed E-state index contributed by atoms with van der Waals surface area (Å²) in [6.45, 7) is 0. The second-order valence-corrected chi connectivity index (χ2v) is 5.77. The Morgan fingerprint density at radius 2 is 1.30 bits per heavy atom. The lowest BCUT2D eigenvalue weighted by Gasteiger charge is -2.13. The Balaban J connectivity index is 1.91. The van der Waals surface area contributed by atoms with Crippen LogP contribution in [0.3, 0.4) is 0 Å². The number of allylic oxidation sites excluding steroid dienone is 1. The smallest absolute Gasteiger partial charge is 0.190 e. The van der Waals surface area contributed by atoms with E-state index < -0.39 is 0 Å². The van der Waals surface area contributed by atoms with Gasteiger partial charge in [0, 0.05) is 17.1 Å². The maximum Gasteiger partial charge on any atom is 0.190 e. The fourth-order valence-corrected chi connectivity index (χ4v) is 3.29. The van der Waals surface area contributed by atoms with Gasteiger partial charge in [-0.15, -0.1) is 0 Å². The van der Waals surface area contributed by atoms with Crippen LogP contribution in [0.15, 0.2) is 90.5 Å². The largest absolute Gasteiger partial charge is 0.289 e. The number of hydrogen-bond acceptors (Lipinski definition) is 1. The van der Waals surface area contributed by atoms with Crippen LogP contribution in [0.5, 0.6) is 0 Å². The molecular weight excluding hydrogens is 280 g/mol. The molecule has 0 saturated carbocycles. The Morgan fingerprint density at radius 3 is 2.04 bits per heavy atom. The molecule has 0 aromatic heterocycles. The molecule has 23 heavy (non-hydrogen) atoms. The van der Waals surface area contributed by atoms with Gasteiger partial charge in [0.25, 0.3) is 0 Å². The predicted molar refractivity (Wildman–Crippen MR) is 93.5 cm³/mol. The zero-order valence-corrected chi connectivity index (χ0v) is 12.6. The summed E-state index contributed by atoms with van der Waals surface area (Å²) in [4.78, 5) is 12.9. The van der Waals surface area contributed by atoms with E-state index in [1.807, 2.05) is 72.8 Å². The van der Waals surface area contributed by atoms with E-state index in [0.717, 1.165) is 27.8 Å². The summed E-state index contributed by atoms with van der Waals surface area (Å²) in [6.07, 6.45) is 2.03. The Hall–Kier alpha value is -2.93.